The van der Waals surface area contributed by atoms with Crippen molar-refractivity contribution >= 4 is 16.7 Å². The molecule has 0 fully saturated rings. The fourth-order valence-corrected chi connectivity index (χ4v) is 2.69. The highest BCUT2D eigenvalue weighted by atomic mass is 19.3. The van der Waals surface area contributed by atoms with E-state index in [0.717, 1.165) is 0 Å². The molecule has 7 nitrogen and oxygen atoms in total. The molecule has 0 aliphatic rings. The van der Waals surface area contributed by atoms with Crippen molar-refractivity contribution in [3.63, 3.8) is 0 Å². The second-order valence-electron chi connectivity index (χ2n) is 6.45. The van der Waals surface area contributed by atoms with Gasteiger partial charge in [-0.3, -0.25) is 0 Å². The number of ether oxygens (including phenoxy) is 4. The van der Waals surface area contributed by atoms with E-state index in [2.05, 4.69) is 37.3 Å². The number of nitrogens with one attached hydrogen (secondary N) is 1. The normalized spacial score (nSPS) is 12.2. The van der Waals surface area contributed by atoms with Crippen molar-refractivity contribution in [2.24, 2.45) is 0 Å². The van der Waals surface area contributed by atoms with Gasteiger partial charge in [0.05, 0.1) is 18.7 Å². The summed E-state index contributed by atoms with van der Waals surface area (Å²) >= 11 is 0. The number of benzene rings is 1. The first-order valence-electron chi connectivity index (χ1n) is 9.92. The minimum absolute atomic E-state index is 0.151. The van der Waals surface area contributed by atoms with Crippen molar-refractivity contribution < 1.29 is 36.5 Å². The van der Waals surface area contributed by atoms with Gasteiger partial charge < -0.3 is 24.3 Å². The zero-order chi connectivity index (χ0) is 24.9. The van der Waals surface area contributed by atoms with Crippen LogP contribution in [-0.2, 0) is 9.47 Å². The van der Waals surface area contributed by atoms with E-state index in [1.54, 1.807) is 25.2 Å². The number of anilines is 1. The summed E-state index contributed by atoms with van der Waals surface area (Å²) in [6.07, 6.45) is 11.7. The summed E-state index contributed by atoms with van der Waals surface area (Å²) in [5.74, 6) is 3.24. The molecule has 182 valence electrons. The summed E-state index contributed by atoms with van der Waals surface area (Å²) in [6.45, 7) is -1.66. The van der Waals surface area contributed by atoms with E-state index in [4.69, 9.17) is 15.9 Å². The van der Waals surface area contributed by atoms with Gasteiger partial charge in [0.25, 0.3) is 0 Å². The number of fused-ring (bicyclic) bond motifs is 1. The van der Waals surface area contributed by atoms with Crippen molar-refractivity contribution in [3.05, 3.63) is 54.5 Å². The molecule has 0 spiro atoms. The molecular formula is C23H23F4N3O4. The van der Waals surface area contributed by atoms with Crippen LogP contribution < -0.4 is 14.8 Å². The third kappa shape index (κ3) is 8.73. The van der Waals surface area contributed by atoms with Gasteiger partial charge in [0.1, 0.15) is 25.4 Å². The number of rotatable bonds is 14. The molecule has 2 rings (SSSR count). The zero-order valence-corrected chi connectivity index (χ0v) is 18.3. The largest absolute Gasteiger partial charge is 0.487 e. The molecule has 0 amide bonds. The van der Waals surface area contributed by atoms with E-state index < -0.39 is 13.2 Å². The van der Waals surface area contributed by atoms with Gasteiger partial charge in [-0.05, 0) is 25.1 Å². The number of terminal acetylenes is 1. The van der Waals surface area contributed by atoms with Crippen LogP contribution >= 0.6 is 0 Å². The summed E-state index contributed by atoms with van der Waals surface area (Å²) in [6, 6.07) is 3.05. The molecule has 0 unspecified atom stereocenters. The monoisotopic (exact) mass is 481 g/mol. The molecule has 0 atom stereocenters. The van der Waals surface area contributed by atoms with Gasteiger partial charge in [0, 0.05) is 22.7 Å². The molecule has 0 bridgehead atoms. The summed E-state index contributed by atoms with van der Waals surface area (Å²) in [4.78, 5) is 8.43. The maximum Gasteiger partial charge on any atom is 0.345 e. The first-order valence-corrected chi connectivity index (χ1v) is 9.92. The lowest BCUT2D eigenvalue weighted by Gasteiger charge is -2.15. The Morgan fingerprint density at radius 1 is 1.06 bits per heavy atom. The topological polar surface area (TPSA) is 74.7 Å². The molecule has 0 aliphatic heterocycles. The van der Waals surface area contributed by atoms with Crippen molar-refractivity contribution in [1.82, 2.24) is 9.97 Å². The predicted octanol–water partition coefficient (Wildman–Crippen LogP) is 4.93. The average molecular weight is 481 g/mol. The zero-order valence-electron chi connectivity index (χ0n) is 18.3. The first kappa shape index (κ1) is 26.6. The van der Waals surface area contributed by atoms with Gasteiger partial charge in [-0.25, -0.2) is 9.97 Å². The van der Waals surface area contributed by atoms with Crippen LogP contribution in [0.4, 0.5) is 23.4 Å². The van der Waals surface area contributed by atoms with Crippen molar-refractivity contribution in [3.8, 4) is 23.8 Å². The van der Waals surface area contributed by atoms with E-state index in [9.17, 15) is 17.6 Å². The third-order valence-corrected chi connectivity index (χ3v) is 4.02. The fraction of sp³-hybridized carbons (Fsp3) is 0.304. The quantitative estimate of drug-likeness (QED) is 0.178. The highest BCUT2D eigenvalue weighted by molar-refractivity contribution is 5.92. The van der Waals surface area contributed by atoms with Crippen LogP contribution in [0.3, 0.4) is 0 Å². The van der Waals surface area contributed by atoms with Crippen LogP contribution in [0, 0.1) is 12.3 Å². The van der Waals surface area contributed by atoms with Crippen LogP contribution in [0.5, 0.6) is 11.5 Å². The van der Waals surface area contributed by atoms with Crippen LogP contribution in [0.25, 0.3) is 10.9 Å². The second-order valence-corrected chi connectivity index (χ2v) is 6.45. The molecule has 34 heavy (non-hydrogen) atoms. The van der Waals surface area contributed by atoms with E-state index >= 15 is 0 Å². The van der Waals surface area contributed by atoms with Crippen LogP contribution in [0.1, 0.15) is 6.92 Å². The van der Waals surface area contributed by atoms with Gasteiger partial charge in [-0.15, -0.1) is 6.42 Å². The molecule has 0 saturated heterocycles. The summed E-state index contributed by atoms with van der Waals surface area (Å²) in [7, 11) is 0. The number of hydrogen-bond acceptors (Lipinski definition) is 7. The Morgan fingerprint density at radius 3 is 2.24 bits per heavy atom. The van der Waals surface area contributed by atoms with Crippen molar-refractivity contribution in [2.45, 2.75) is 20.1 Å². The van der Waals surface area contributed by atoms with Crippen molar-refractivity contribution in [2.75, 3.05) is 31.7 Å². The number of nitrogens with zero attached hydrogens (tertiary/aromatic N) is 2. The highest BCUT2D eigenvalue weighted by Crippen LogP contribution is 2.34. The smallest absolute Gasteiger partial charge is 0.345 e. The van der Waals surface area contributed by atoms with Crippen LogP contribution in [0.15, 0.2) is 54.5 Å². The van der Waals surface area contributed by atoms with Crippen molar-refractivity contribution in [1.29, 1.82) is 0 Å². The molecule has 2 aromatic rings. The number of aromatic nitrogens is 2. The standard InChI is InChI=1S/C23H23F4N3O4/c1-4-6-16(5-2)11-15(3)30-21-17-12-19(31-7-9-33-22(24)25)20(13-18(17)28-14-29-21)32-8-10-34-23(26)27/h2,4,6,11-14,22-23H,1,7-10H2,3H3,(H,28,29,30)/b15-11+,16-6-. The Labute approximate surface area is 194 Å². The third-order valence-electron chi connectivity index (χ3n) is 4.02. The van der Waals surface area contributed by atoms with E-state index in [-0.39, 0.29) is 37.9 Å². The second kappa shape index (κ2) is 13.8. The minimum atomic E-state index is -2.94. The van der Waals surface area contributed by atoms with Gasteiger partial charge in [-0.2, -0.15) is 17.6 Å². The number of alkyl halides is 4. The fourth-order valence-electron chi connectivity index (χ4n) is 2.69. The summed E-state index contributed by atoms with van der Waals surface area (Å²) < 4.78 is 68.2. The molecule has 1 heterocycles. The Balaban J connectivity index is 2.33. The molecule has 1 N–H and O–H groups in total. The lowest BCUT2D eigenvalue weighted by Crippen LogP contribution is -2.12. The number of hydrogen-bond donors (Lipinski definition) is 1. The summed E-state index contributed by atoms with van der Waals surface area (Å²) in [5, 5.41) is 3.64. The average Bonchev–Trinajstić information content (AvgIpc) is 2.79. The van der Waals surface area contributed by atoms with Crippen LogP contribution in [-0.4, -0.2) is 49.6 Å². The van der Waals surface area contributed by atoms with E-state index in [0.29, 0.717) is 28.0 Å². The van der Waals surface area contributed by atoms with Gasteiger partial charge in [0.2, 0.25) is 0 Å². The number of halogens is 4. The highest BCUT2D eigenvalue weighted by Gasteiger charge is 2.14. The summed E-state index contributed by atoms with van der Waals surface area (Å²) in [5.41, 5.74) is 1.71. The maximum absolute atomic E-state index is 12.2. The lowest BCUT2D eigenvalue weighted by molar-refractivity contribution is -0.134. The lowest BCUT2D eigenvalue weighted by atomic mass is 10.2. The van der Waals surface area contributed by atoms with Crippen LogP contribution in [0.2, 0.25) is 0 Å². The van der Waals surface area contributed by atoms with Gasteiger partial charge in [-0.1, -0.05) is 18.6 Å². The Hall–Kier alpha value is -3.62. The van der Waals surface area contributed by atoms with E-state index in [1.165, 1.54) is 18.5 Å². The maximum atomic E-state index is 12.2. The number of allylic oxidation sites excluding steroid dienone is 5. The predicted molar refractivity (Wildman–Crippen MR) is 119 cm³/mol. The van der Waals surface area contributed by atoms with Gasteiger partial charge >= 0.3 is 13.2 Å². The molecular weight excluding hydrogens is 458 g/mol. The van der Waals surface area contributed by atoms with E-state index in [1.807, 2.05) is 0 Å². The molecule has 0 aliphatic carbocycles. The minimum Gasteiger partial charge on any atom is -0.487 e. The molecule has 11 heteroatoms. The van der Waals surface area contributed by atoms with Gasteiger partial charge in [0.15, 0.2) is 11.5 Å². The molecule has 1 aromatic heterocycles. The Kier molecular flexibility index (Phi) is 10.8. The molecule has 0 radical (unpaired) electrons. The first-order chi connectivity index (χ1) is 16.3. The SMILES string of the molecule is C#CC(=C/C=C)/C=C(\C)Nc1ncnc2cc(OCCOC(F)F)c(OCCOC(F)F)cc12. The Morgan fingerprint density at radius 2 is 1.68 bits per heavy atom. The molecule has 0 saturated carbocycles. The Bertz CT molecular complexity index is 1070. The molecule has 1 aromatic carbocycles.